The topological polar surface area (TPSA) is 78.9 Å². The molecule has 0 aromatic carbocycles. The molecule has 326 valence electrons. The first kappa shape index (κ1) is 53.4. The maximum atomic E-state index is 12.7. The maximum absolute atomic E-state index is 12.7. The van der Waals surface area contributed by atoms with E-state index in [1.54, 1.807) is 0 Å². The number of hydrogen-bond acceptors (Lipinski definition) is 6. The Labute approximate surface area is 342 Å². The van der Waals surface area contributed by atoms with Crippen LogP contribution in [0.3, 0.4) is 0 Å². The molecule has 6 nitrogen and oxygen atoms in total. The number of ether oxygens (including phenoxy) is 3. The predicted molar refractivity (Wildman–Crippen MR) is 233 cm³/mol. The molecular formula is C49H94O6. The van der Waals surface area contributed by atoms with E-state index in [9.17, 15) is 14.4 Å². The largest absolute Gasteiger partial charge is 0.462 e. The van der Waals surface area contributed by atoms with Gasteiger partial charge >= 0.3 is 17.9 Å². The van der Waals surface area contributed by atoms with Gasteiger partial charge in [0.2, 0.25) is 0 Å². The van der Waals surface area contributed by atoms with Gasteiger partial charge in [-0.1, -0.05) is 221 Å². The van der Waals surface area contributed by atoms with Crippen molar-refractivity contribution in [3.05, 3.63) is 0 Å². The van der Waals surface area contributed by atoms with Crippen molar-refractivity contribution in [3.8, 4) is 0 Å². The zero-order chi connectivity index (χ0) is 40.6. The molecule has 0 aromatic heterocycles. The van der Waals surface area contributed by atoms with Crippen molar-refractivity contribution in [2.75, 3.05) is 13.2 Å². The average molecular weight is 779 g/mol. The van der Waals surface area contributed by atoms with Crippen LogP contribution in [0.1, 0.15) is 260 Å². The summed E-state index contributed by atoms with van der Waals surface area (Å²) >= 11 is 0. The Morgan fingerprint density at radius 2 is 0.636 bits per heavy atom. The number of carbonyl (C=O) groups excluding carboxylic acids is 3. The van der Waals surface area contributed by atoms with Gasteiger partial charge in [-0.2, -0.15) is 0 Å². The molecule has 0 aliphatic carbocycles. The Bertz CT molecular complexity index is 856. The third-order valence-corrected chi connectivity index (χ3v) is 11.6. The summed E-state index contributed by atoms with van der Waals surface area (Å²) in [6.45, 7) is 13.7. The lowest BCUT2D eigenvalue weighted by Crippen LogP contribution is -2.30. The highest BCUT2D eigenvalue weighted by Crippen LogP contribution is 2.18. The monoisotopic (exact) mass is 779 g/mol. The molecule has 6 heteroatoms. The van der Waals surface area contributed by atoms with Gasteiger partial charge in [-0.15, -0.1) is 0 Å². The van der Waals surface area contributed by atoms with E-state index in [2.05, 4.69) is 41.5 Å². The first-order valence-corrected chi connectivity index (χ1v) is 24.2. The third kappa shape index (κ3) is 40.4. The van der Waals surface area contributed by atoms with Gasteiger partial charge in [0.15, 0.2) is 6.10 Å². The van der Waals surface area contributed by atoms with Crippen LogP contribution < -0.4 is 0 Å². The summed E-state index contributed by atoms with van der Waals surface area (Å²) < 4.78 is 16.8. The van der Waals surface area contributed by atoms with Crippen LogP contribution in [0.25, 0.3) is 0 Å². The van der Waals surface area contributed by atoms with Crippen molar-refractivity contribution >= 4 is 17.9 Å². The molecule has 0 spiro atoms. The summed E-state index contributed by atoms with van der Waals surface area (Å²) in [5.41, 5.74) is 0. The quantitative estimate of drug-likeness (QED) is 0.0349. The lowest BCUT2D eigenvalue weighted by atomic mass is 9.99. The fraction of sp³-hybridized carbons (Fsp3) is 0.939. The molecule has 0 bridgehead atoms. The first-order chi connectivity index (χ1) is 26.7. The molecule has 55 heavy (non-hydrogen) atoms. The molecule has 0 N–H and O–H groups in total. The highest BCUT2D eigenvalue weighted by Gasteiger charge is 2.19. The Morgan fingerprint density at radius 1 is 0.364 bits per heavy atom. The molecule has 3 atom stereocenters. The van der Waals surface area contributed by atoms with E-state index in [0.717, 1.165) is 75.5 Å². The van der Waals surface area contributed by atoms with Gasteiger partial charge in [-0.05, 0) is 37.0 Å². The number of carbonyl (C=O) groups is 3. The fourth-order valence-electron chi connectivity index (χ4n) is 7.17. The summed E-state index contributed by atoms with van der Waals surface area (Å²) in [5.74, 6) is 1.65. The second kappa shape index (κ2) is 40.6. The van der Waals surface area contributed by atoms with Crippen LogP contribution in [0.4, 0.5) is 0 Å². The molecule has 0 saturated heterocycles. The van der Waals surface area contributed by atoms with Crippen LogP contribution >= 0.6 is 0 Å². The van der Waals surface area contributed by atoms with Gasteiger partial charge in [-0.25, -0.2) is 0 Å². The van der Waals surface area contributed by atoms with Gasteiger partial charge in [0.1, 0.15) is 13.2 Å². The standard InChI is InChI=1S/C49H94O6/c1-7-44(5)36-30-24-18-11-9-10-12-20-26-32-38-47(50)53-41-46(55-49(52)40-34-28-22-15-13-17-23-29-35-43(3)4)42-54-48(51)39-33-27-21-16-14-19-25-31-37-45(6)8-2/h43-46H,7-42H2,1-6H3/t44?,45?,46-/m0/s1. The number of unbranched alkanes of at least 4 members (excludes halogenated alkanes) is 23. The summed E-state index contributed by atoms with van der Waals surface area (Å²) in [6, 6.07) is 0. The molecule has 0 saturated carbocycles. The fourth-order valence-corrected chi connectivity index (χ4v) is 7.17. The minimum atomic E-state index is -0.762. The van der Waals surface area contributed by atoms with Crippen molar-refractivity contribution in [1.29, 1.82) is 0 Å². The van der Waals surface area contributed by atoms with E-state index in [1.165, 1.54) is 141 Å². The van der Waals surface area contributed by atoms with Crippen LogP contribution in [-0.4, -0.2) is 37.2 Å². The lowest BCUT2D eigenvalue weighted by Gasteiger charge is -2.18. The molecular weight excluding hydrogens is 685 g/mol. The number of rotatable bonds is 42. The van der Waals surface area contributed by atoms with Crippen molar-refractivity contribution in [2.24, 2.45) is 17.8 Å². The van der Waals surface area contributed by atoms with Crippen LogP contribution in [0.15, 0.2) is 0 Å². The van der Waals surface area contributed by atoms with E-state index in [-0.39, 0.29) is 31.1 Å². The second-order valence-corrected chi connectivity index (χ2v) is 17.7. The van der Waals surface area contributed by atoms with Crippen molar-refractivity contribution in [3.63, 3.8) is 0 Å². The molecule has 0 heterocycles. The summed E-state index contributed by atoms with van der Waals surface area (Å²) in [7, 11) is 0. The average Bonchev–Trinajstić information content (AvgIpc) is 3.17. The smallest absolute Gasteiger partial charge is 0.306 e. The van der Waals surface area contributed by atoms with Gasteiger partial charge in [0.05, 0.1) is 0 Å². The van der Waals surface area contributed by atoms with Crippen LogP contribution in [0.2, 0.25) is 0 Å². The minimum Gasteiger partial charge on any atom is -0.462 e. The lowest BCUT2D eigenvalue weighted by molar-refractivity contribution is -0.167. The molecule has 0 aliphatic rings. The minimum absolute atomic E-state index is 0.0661. The Morgan fingerprint density at radius 3 is 0.945 bits per heavy atom. The predicted octanol–water partition coefficient (Wildman–Crippen LogP) is 15.2. The zero-order valence-electron chi connectivity index (χ0n) is 37.7. The van der Waals surface area contributed by atoms with Crippen LogP contribution in [-0.2, 0) is 28.6 Å². The van der Waals surface area contributed by atoms with E-state index in [1.807, 2.05) is 0 Å². The normalized spacial score (nSPS) is 13.1. The SMILES string of the molecule is CCC(C)CCCCCCCCCCCCC(=O)OC[C@@H](COC(=O)CCCCCCCCCCC(C)CC)OC(=O)CCCCCCCCCCC(C)C. The third-order valence-electron chi connectivity index (χ3n) is 11.6. The van der Waals surface area contributed by atoms with Gasteiger partial charge in [-0.3, -0.25) is 14.4 Å². The van der Waals surface area contributed by atoms with Gasteiger partial charge < -0.3 is 14.2 Å². The summed E-state index contributed by atoms with van der Waals surface area (Å²) in [5, 5.41) is 0. The summed E-state index contributed by atoms with van der Waals surface area (Å²) in [6.07, 6.45) is 37.9. The Hall–Kier alpha value is -1.59. The van der Waals surface area contributed by atoms with E-state index in [0.29, 0.717) is 19.3 Å². The molecule has 0 amide bonds. The second-order valence-electron chi connectivity index (χ2n) is 17.7. The Kier molecular flexibility index (Phi) is 39.4. The first-order valence-electron chi connectivity index (χ1n) is 24.2. The molecule has 0 aliphatic heterocycles. The van der Waals surface area contributed by atoms with Crippen molar-refractivity contribution in [1.82, 2.24) is 0 Å². The van der Waals surface area contributed by atoms with E-state index >= 15 is 0 Å². The summed E-state index contributed by atoms with van der Waals surface area (Å²) in [4.78, 5) is 37.8. The molecule has 0 radical (unpaired) electrons. The zero-order valence-corrected chi connectivity index (χ0v) is 37.7. The van der Waals surface area contributed by atoms with E-state index < -0.39 is 6.10 Å². The highest BCUT2D eigenvalue weighted by molar-refractivity contribution is 5.71. The molecule has 0 rings (SSSR count). The Balaban J connectivity index is 4.34. The van der Waals surface area contributed by atoms with Gasteiger partial charge in [0, 0.05) is 19.3 Å². The molecule has 2 unspecified atom stereocenters. The van der Waals surface area contributed by atoms with E-state index in [4.69, 9.17) is 14.2 Å². The van der Waals surface area contributed by atoms with Crippen molar-refractivity contribution < 1.29 is 28.6 Å². The molecule has 0 fully saturated rings. The number of hydrogen-bond donors (Lipinski definition) is 0. The van der Waals surface area contributed by atoms with Crippen LogP contribution in [0, 0.1) is 17.8 Å². The van der Waals surface area contributed by atoms with Gasteiger partial charge in [0.25, 0.3) is 0 Å². The highest BCUT2D eigenvalue weighted by atomic mass is 16.6. The number of esters is 3. The van der Waals surface area contributed by atoms with Crippen LogP contribution in [0.5, 0.6) is 0 Å². The molecule has 0 aromatic rings. The van der Waals surface area contributed by atoms with Crippen molar-refractivity contribution in [2.45, 2.75) is 266 Å². The maximum Gasteiger partial charge on any atom is 0.306 e.